The fourth-order valence-corrected chi connectivity index (χ4v) is 3.99. The summed E-state index contributed by atoms with van der Waals surface area (Å²) in [7, 11) is 0. The van der Waals surface area contributed by atoms with E-state index in [1.165, 1.54) is 17.7 Å². The number of nitrogens with zero attached hydrogens (tertiary/aromatic N) is 2. The molecule has 0 saturated carbocycles. The summed E-state index contributed by atoms with van der Waals surface area (Å²) in [6, 6.07) is 2.71. The maximum Gasteiger partial charge on any atom is 0.0872 e. The number of fused-ring (bicyclic) bond motifs is 3. The number of likely N-dealkylation sites (tertiary alicyclic amines) is 1. The lowest BCUT2D eigenvalue weighted by Gasteiger charge is -2.45. The van der Waals surface area contributed by atoms with Gasteiger partial charge in [-0.15, -0.1) is 0 Å². The first-order valence-electron chi connectivity index (χ1n) is 7.68. The predicted octanol–water partition coefficient (Wildman–Crippen LogP) is 3.84. The van der Waals surface area contributed by atoms with E-state index in [0.29, 0.717) is 23.5 Å². The summed E-state index contributed by atoms with van der Waals surface area (Å²) < 4.78 is 0. The Kier molecular flexibility index (Phi) is 2.91. The zero-order valence-corrected chi connectivity index (χ0v) is 13.6. The highest BCUT2D eigenvalue weighted by Crippen LogP contribution is 2.51. The number of rotatable bonds is 0. The molecule has 0 aliphatic carbocycles. The second-order valence-electron chi connectivity index (χ2n) is 8.35. The van der Waals surface area contributed by atoms with Crippen molar-refractivity contribution in [3.05, 3.63) is 24.0 Å². The molecule has 3 unspecified atom stereocenters. The zero-order chi connectivity index (χ0) is 14.7. The summed E-state index contributed by atoms with van der Waals surface area (Å²) in [5.74, 6) is 0.571. The molecule has 110 valence electrons. The van der Waals surface area contributed by atoms with Crippen LogP contribution < -0.4 is 5.32 Å². The summed E-state index contributed by atoms with van der Waals surface area (Å²) in [5, 5.41) is 3.74. The molecule has 0 spiro atoms. The quantitative estimate of drug-likeness (QED) is 0.778. The summed E-state index contributed by atoms with van der Waals surface area (Å²) in [6.07, 6.45) is 5.57. The molecule has 0 bridgehead atoms. The van der Waals surface area contributed by atoms with Crippen molar-refractivity contribution >= 4 is 5.69 Å². The van der Waals surface area contributed by atoms with E-state index in [-0.39, 0.29) is 5.54 Å². The van der Waals surface area contributed by atoms with Crippen LogP contribution in [-0.4, -0.2) is 27.6 Å². The fraction of sp³-hybridized carbons (Fsp3) is 0.706. The van der Waals surface area contributed by atoms with Crippen molar-refractivity contribution in [1.29, 1.82) is 0 Å². The minimum Gasteiger partial charge on any atom is -0.369 e. The number of aromatic nitrogens is 1. The van der Waals surface area contributed by atoms with Crippen molar-refractivity contribution in [2.75, 3.05) is 5.32 Å². The standard InChI is InChI=1S/C17H27N3/c1-16(2,3)14-9-11-12-10-18-8-7-13(12)19-15(11)20(14)17(4,5)6/h7-8,10-11,14-15,19H,9H2,1-6H3. The van der Waals surface area contributed by atoms with Crippen LogP contribution in [0, 0.1) is 5.41 Å². The Bertz CT molecular complexity index is 510. The van der Waals surface area contributed by atoms with E-state index >= 15 is 0 Å². The van der Waals surface area contributed by atoms with E-state index in [9.17, 15) is 0 Å². The van der Waals surface area contributed by atoms with Crippen molar-refractivity contribution in [1.82, 2.24) is 9.88 Å². The monoisotopic (exact) mass is 273 g/mol. The van der Waals surface area contributed by atoms with Gasteiger partial charge < -0.3 is 5.32 Å². The van der Waals surface area contributed by atoms with Gasteiger partial charge in [0.25, 0.3) is 0 Å². The maximum atomic E-state index is 4.33. The molecule has 3 heteroatoms. The molecule has 1 aromatic rings. The van der Waals surface area contributed by atoms with E-state index in [1.807, 2.05) is 6.20 Å². The smallest absolute Gasteiger partial charge is 0.0872 e. The van der Waals surface area contributed by atoms with Crippen molar-refractivity contribution in [2.24, 2.45) is 5.41 Å². The lowest BCUT2D eigenvalue weighted by molar-refractivity contribution is 0.0334. The molecule has 1 saturated heterocycles. The van der Waals surface area contributed by atoms with Crippen molar-refractivity contribution in [2.45, 2.75) is 71.6 Å². The lowest BCUT2D eigenvalue weighted by Crippen LogP contribution is -2.55. The topological polar surface area (TPSA) is 28.2 Å². The normalized spacial score (nSPS) is 30.0. The maximum absolute atomic E-state index is 4.33. The Morgan fingerprint density at radius 2 is 1.90 bits per heavy atom. The van der Waals surface area contributed by atoms with Gasteiger partial charge in [0.1, 0.15) is 0 Å². The molecule has 3 heterocycles. The molecule has 0 aromatic carbocycles. The first-order chi connectivity index (χ1) is 9.19. The number of nitrogens with one attached hydrogen (secondary N) is 1. The number of pyridine rings is 1. The van der Waals surface area contributed by atoms with Gasteiger partial charge in [-0.2, -0.15) is 0 Å². The third-order valence-corrected chi connectivity index (χ3v) is 4.82. The fourth-order valence-electron chi connectivity index (χ4n) is 3.99. The largest absolute Gasteiger partial charge is 0.369 e. The van der Waals surface area contributed by atoms with Crippen LogP contribution >= 0.6 is 0 Å². The number of hydrogen-bond donors (Lipinski definition) is 1. The summed E-state index contributed by atoms with van der Waals surface area (Å²) >= 11 is 0. The highest BCUT2D eigenvalue weighted by Gasteiger charge is 2.53. The molecule has 1 aromatic heterocycles. The van der Waals surface area contributed by atoms with Gasteiger partial charge in [0, 0.05) is 41.1 Å². The molecule has 20 heavy (non-hydrogen) atoms. The first-order valence-corrected chi connectivity index (χ1v) is 7.68. The summed E-state index contributed by atoms with van der Waals surface area (Å²) in [6.45, 7) is 14.1. The first kappa shape index (κ1) is 13.9. The highest BCUT2D eigenvalue weighted by atomic mass is 15.4. The molecular weight excluding hydrogens is 246 g/mol. The van der Waals surface area contributed by atoms with E-state index < -0.39 is 0 Å². The second-order valence-corrected chi connectivity index (χ2v) is 8.35. The molecule has 0 amide bonds. The van der Waals surface area contributed by atoms with Crippen molar-refractivity contribution in [3.8, 4) is 0 Å². The highest BCUT2D eigenvalue weighted by molar-refractivity contribution is 5.58. The van der Waals surface area contributed by atoms with Gasteiger partial charge in [-0.25, -0.2) is 0 Å². The molecule has 2 aliphatic rings. The van der Waals surface area contributed by atoms with Crippen molar-refractivity contribution < 1.29 is 0 Å². The molecule has 3 atom stereocenters. The Hall–Kier alpha value is -1.09. The molecular formula is C17H27N3. The zero-order valence-electron chi connectivity index (χ0n) is 13.6. The van der Waals surface area contributed by atoms with Crippen LogP contribution in [0.4, 0.5) is 5.69 Å². The minimum absolute atomic E-state index is 0.167. The lowest BCUT2D eigenvalue weighted by atomic mass is 9.82. The van der Waals surface area contributed by atoms with Crippen LogP contribution in [-0.2, 0) is 0 Å². The van der Waals surface area contributed by atoms with Gasteiger partial charge in [0.2, 0.25) is 0 Å². The molecule has 3 nitrogen and oxygen atoms in total. The third kappa shape index (κ3) is 2.03. The van der Waals surface area contributed by atoms with Gasteiger partial charge in [-0.3, -0.25) is 9.88 Å². The van der Waals surface area contributed by atoms with Crippen LogP contribution in [0.3, 0.4) is 0 Å². The summed E-state index contributed by atoms with van der Waals surface area (Å²) in [4.78, 5) is 7.02. The third-order valence-electron chi connectivity index (χ3n) is 4.82. The molecule has 0 radical (unpaired) electrons. The summed E-state index contributed by atoms with van der Waals surface area (Å²) in [5.41, 5.74) is 3.14. The number of anilines is 1. The number of hydrogen-bond acceptors (Lipinski definition) is 3. The molecule has 2 aliphatic heterocycles. The van der Waals surface area contributed by atoms with E-state index in [4.69, 9.17) is 0 Å². The van der Waals surface area contributed by atoms with Gasteiger partial charge in [0.15, 0.2) is 0 Å². The average Bonchev–Trinajstić information content (AvgIpc) is 2.81. The predicted molar refractivity (Wildman–Crippen MR) is 83.8 cm³/mol. The Morgan fingerprint density at radius 1 is 1.20 bits per heavy atom. The van der Waals surface area contributed by atoms with Crippen molar-refractivity contribution in [3.63, 3.8) is 0 Å². The average molecular weight is 273 g/mol. The van der Waals surface area contributed by atoms with Gasteiger partial charge in [-0.1, -0.05) is 20.8 Å². The van der Waals surface area contributed by atoms with Gasteiger partial charge in [-0.05, 0) is 38.7 Å². The minimum atomic E-state index is 0.167. The van der Waals surface area contributed by atoms with Crippen LogP contribution in [0.25, 0.3) is 0 Å². The van der Waals surface area contributed by atoms with E-state index in [0.717, 1.165) is 0 Å². The molecule has 1 fully saturated rings. The molecule has 3 rings (SSSR count). The molecule has 1 N–H and O–H groups in total. The van der Waals surface area contributed by atoms with Crippen LogP contribution in [0.15, 0.2) is 18.5 Å². The van der Waals surface area contributed by atoms with Gasteiger partial charge >= 0.3 is 0 Å². The van der Waals surface area contributed by atoms with Crippen LogP contribution in [0.2, 0.25) is 0 Å². The van der Waals surface area contributed by atoms with Crippen LogP contribution in [0.1, 0.15) is 59.4 Å². The van der Waals surface area contributed by atoms with Gasteiger partial charge in [0.05, 0.1) is 6.17 Å². The Balaban J connectivity index is 2.01. The van der Waals surface area contributed by atoms with E-state index in [2.05, 4.69) is 69.0 Å². The van der Waals surface area contributed by atoms with E-state index in [1.54, 1.807) is 0 Å². The second kappa shape index (κ2) is 4.20. The Morgan fingerprint density at radius 3 is 2.50 bits per heavy atom. The van der Waals surface area contributed by atoms with Crippen LogP contribution in [0.5, 0.6) is 0 Å². The Labute approximate surface area is 122 Å². The SMILES string of the molecule is CC(C)(C)C1CC2c3cnccc3NC2N1C(C)(C)C.